The highest BCUT2D eigenvalue weighted by Crippen LogP contribution is 2.35. The zero-order chi connectivity index (χ0) is 27.7. The summed E-state index contributed by atoms with van der Waals surface area (Å²) in [6, 6.07) is 14.9. The van der Waals surface area contributed by atoms with E-state index in [0.29, 0.717) is 17.7 Å². The van der Waals surface area contributed by atoms with Gasteiger partial charge in [0.15, 0.2) is 11.4 Å². The summed E-state index contributed by atoms with van der Waals surface area (Å²) in [5.41, 5.74) is 0.542. The van der Waals surface area contributed by atoms with Gasteiger partial charge in [0.2, 0.25) is 5.88 Å². The number of nitrogens with zero attached hydrogens (tertiary/aromatic N) is 4. The number of aryl methyl sites for hydroxylation is 1. The molecule has 1 aliphatic heterocycles. The van der Waals surface area contributed by atoms with E-state index in [0.717, 1.165) is 5.56 Å². The maximum absolute atomic E-state index is 14.4. The van der Waals surface area contributed by atoms with Gasteiger partial charge in [-0.15, -0.1) is 0 Å². The number of likely N-dealkylation sites (tertiary alicyclic amines) is 1. The Morgan fingerprint density at radius 2 is 1.79 bits per heavy atom. The topological polar surface area (TPSA) is 107 Å². The highest BCUT2D eigenvalue weighted by molar-refractivity contribution is 5.96. The number of halogens is 1. The molecule has 0 saturated carbocycles. The monoisotopic (exact) mass is 530 g/mol. The number of hydrogen-bond acceptors (Lipinski definition) is 7. The van der Waals surface area contributed by atoms with E-state index in [1.54, 1.807) is 54.7 Å². The van der Waals surface area contributed by atoms with Crippen LogP contribution in [0.15, 0.2) is 65.6 Å². The molecule has 1 saturated heterocycles. The Kier molecular flexibility index (Phi) is 7.02. The fourth-order valence-corrected chi connectivity index (χ4v) is 4.95. The number of rotatable bonds is 6. The molecule has 39 heavy (non-hydrogen) atoms. The molecule has 1 N–H and O–H groups in total. The molecule has 1 unspecified atom stereocenters. The smallest absolute Gasteiger partial charge is 0.275 e. The number of aromatic nitrogens is 3. The molecule has 0 aliphatic carbocycles. The predicted molar refractivity (Wildman–Crippen MR) is 142 cm³/mol. The minimum Gasteiger partial charge on any atom is -0.494 e. The zero-order valence-corrected chi connectivity index (χ0v) is 21.7. The summed E-state index contributed by atoms with van der Waals surface area (Å²) in [6.45, 7) is 2.34. The lowest BCUT2D eigenvalue weighted by molar-refractivity contribution is 0.0784. The van der Waals surface area contributed by atoms with E-state index >= 15 is 0 Å². The Hall–Kier alpha value is -4.73. The van der Waals surface area contributed by atoms with Crippen LogP contribution in [0, 0.1) is 12.7 Å². The van der Waals surface area contributed by atoms with Crippen molar-refractivity contribution < 1.29 is 23.8 Å². The van der Waals surface area contributed by atoms with Gasteiger partial charge < -0.3 is 19.5 Å². The van der Waals surface area contributed by atoms with E-state index in [2.05, 4.69) is 9.97 Å². The lowest BCUT2D eigenvalue weighted by Crippen LogP contribution is -2.36. The third-order valence-electron chi connectivity index (χ3n) is 6.87. The van der Waals surface area contributed by atoms with Gasteiger partial charge in [0, 0.05) is 25.2 Å². The molecular formula is C29H27FN4O5. The van der Waals surface area contributed by atoms with Gasteiger partial charge in [0.1, 0.15) is 28.7 Å². The molecule has 3 heterocycles. The normalized spacial score (nSPS) is 14.9. The standard InChI is InChI=1S/C29H27FN4O5/c1-17-11-13-31-21(15-17)26-32-27(35)24(29(37)34(26)25-22(38-2)9-6-10-23(25)39-3)28(36)33-14-12-18(16-33)19-7-4-5-8-20(19)30/h4-11,13,15,18,35H,12,14,16H2,1-3H3. The molecule has 1 amide bonds. The lowest BCUT2D eigenvalue weighted by atomic mass is 9.98. The molecule has 2 aromatic carbocycles. The molecule has 200 valence electrons. The first-order chi connectivity index (χ1) is 18.8. The van der Waals surface area contributed by atoms with Gasteiger partial charge >= 0.3 is 0 Å². The molecule has 0 radical (unpaired) electrons. The molecule has 4 aromatic rings. The van der Waals surface area contributed by atoms with E-state index in [4.69, 9.17) is 9.47 Å². The van der Waals surface area contributed by atoms with Gasteiger partial charge in [-0.05, 0) is 54.8 Å². The van der Waals surface area contributed by atoms with Crippen molar-refractivity contribution in [3.05, 3.63) is 93.7 Å². The number of benzene rings is 2. The summed E-state index contributed by atoms with van der Waals surface area (Å²) in [7, 11) is 2.89. The van der Waals surface area contributed by atoms with Crippen LogP contribution in [-0.4, -0.2) is 57.8 Å². The van der Waals surface area contributed by atoms with Crippen molar-refractivity contribution in [3.8, 4) is 34.6 Å². The van der Waals surface area contributed by atoms with Crippen LogP contribution in [0.2, 0.25) is 0 Å². The van der Waals surface area contributed by atoms with Crippen LogP contribution in [0.4, 0.5) is 4.39 Å². The number of ether oxygens (including phenoxy) is 2. The SMILES string of the molecule is COc1cccc(OC)c1-n1c(-c2cc(C)ccn2)nc(O)c(C(=O)N2CCC(c3ccccc3F)C2)c1=O. The molecule has 10 heteroatoms. The molecule has 2 aromatic heterocycles. The fraction of sp³-hybridized carbons (Fsp3) is 0.241. The highest BCUT2D eigenvalue weighted by Gasteiger charge is 2.34. The van der Waals surface area contributed by atoms with Crippen LogP contribution in [0.25, 0.3) is 17.2 Å². The number of para-hydroxylation sites is 1. The minimum atomic E-state index is -0.817. The Morgan fingerprint density at radius 1 is 1.08 bits per heavy atom. The number of carbonyl (C=O) groups excluding carboxylic acids is 1. The van der Waals surface area contributed by atoms with Crippen LogP contribution >= 0.6 is 0 Å². The summed E-state index contributed by atoms with van der Waals surface area (Å²) in [5.74, 6) is -1.42. The summed E-state index contributed by atoms with van der Waals surface area (Å²) >= 11 is 0. The van der Waals surface area contributed by atoms with Crippen molar-refractivity contribution in [1.29, 1.82) is 0 Å². The van der Waals surface area contributed by atoms with Gasteiger partial charge in [-0.25, -0.2) is 4.39 Å². The summed E-state index contributed by atoms with van der Waals surface area (Å²) in [6.07, 6.45) is 2.07. The first-order valence-electron chi connectivity index (χ1n) is 12.4. The largest absolute Gasteiger partial charge is 0.494 e. The van der Waals surface area contributed by atoms with Crippen molar-refractivity contribution >= 4 is 5.91 Å². The number of hydrogen-bond donors (Lipinski definition) is 1. The van der Waals surface area contributed by atoms with Gasteiger partial charge in [-0.1, -0.05) is 24.3 Å². The Morgan fingerprint density at radius 3 is 2.46 bits per heavy atom. The first kappa shape index (κ1) is 25.9. The fourth-order valence-electron chi connectivity index (χ4n) is 4.95. The summed E-state index contributed by atoms with van der Waals surface area (Å²) < 4.78 is 26.6. The van der Waals surface area contributed by atoms with Crippen LogP contribution in [0.1, 0.15) is 33.8 Å². The second-order valence-electron chi connectivity index (χ2n) is 9.26. The summed E-state index contributed by atoms with van der Waals surface area (Å²) in [4.78, 5) is 37.9. The molecule has 0 spiro atoms. The van der Waals surface area contributed by atoms with Gasteiger partial charge in [0.05, 0.1) is 14.2 Å². The molecule has 1 fully saturated rings. The highest BCUT2D eigenvalue weighted by atomic mass is 19.1. The number of carbonyl (C=O) groups is 1. The van der Waals surface area contributed by atoms with E-state index in [-0.39, 0.29) is 47.8 Å². The van der Waals surface area contributed by atoms with E-state index < -0.39 is 22.9 Å². The molecule has 0 bridgehead atoms. The Labute approximate surface area is 224 Å². The quantitative estimate of drug-likeness (QED) is 0.400. The Bertz CT molecular complexity index is 1600. The first-order valence-corrected chi connectivity index (χ1v) is 12.4. The molecule has 1 aliphatic rings. The summed E-state index contributed by atoms with van der Waals surface area (Å²) in [5, 5.41) is 11.0. The number of amides is 1. The van der Waals surface area contributed by atoms with Crippen molar-refractivity contribution in [1.82, 2.24) is 19.4 Å². The zero-order valence-electron chi connectivity index (χ0n) is 21.7. The third-order valence-corrected chi connectivity index (χ3v) is 6.87. The third kappa shape index (κ3) is 4.69. The van der Waals surface area contributed by atoms with Crippen LogP contribution in [-0.2, 0) is 0 Å². The molecule has 1 atom stereocenters. The van der Waals surface area contributed by atoms with E-state index in [1.807, 2.05) is 6.92 Å². The van der Waals surface area contributed by atoms with Crippen LogP contribution < -0.4 is 15.0 Å². The average molecular weight is 531 g/mol. The van der Waals surface area contributed by atoms with Crippen molar-refractivity contribution in [2.75, 3.05) is 27.3 Å². The second kappa shape index (κ2) is 10.6. The second-order valence-corrected chi connectivity index (χ2v) is 9.26. The van der Waals surface area contributed by atoms with Crippen molar-refractivity contribution in [3.63, 3.8) is 0 Å². The lowest BCUT2D eigenvalue weighted by Gasteiger charge is -2.21. The van der Waals surface area contributed by atoms with Gasteiger partial charge in [-0.2, -0.15) is 4.98 Å². The van der Waals surface area contributed by atoms with Crippen LogP contribution in [0.5, 0.6) is 17.4 Å². The van der Waals surface area contributed by atoms with Gasteiger partial charge in [0.25, 0.3) is 11.5 Å². The maximum Gasteiger partial charge on any atom is 0.275 e. The van der Waals surface area contributed by atoms with E-state index in [9.17, 15) is 19.1 Å². The van der Waals surface area contributed by atoms with Gasteiger partial charge in [-0.3, -0.25) is 19.1 Å². The predicted octanol–water partition coefficient (Wildman–Crippen LogP) is 4.09. The number of methoxy groups -OCH3 is 2. The maximum atomic E-state index is 14.4. The Balaban J connectivity index is 1.67. The minimum absolute atomic E-state index is 0.00575. The van der Waals surface area contributed by atoms with Crippen molar-refractivity contribution in [2.45, 2.75) is 19.3 Å². The average Bonchev–Trinajstić information content (AvgIpc) is 3.43. The molecular weight excluding hydrogens is 503 g/mol. The number of pyridine rings is 1. The van der Waals surface area contributed by atoms with Crippen LogP contribution in [0.3, 0.4) is 0 Å². The van der Waals surface area contributed by atoms with Crippen molar-refractivity contribution in [2.24, 2.45) is 0 Å². The van der Waals surface area contributed by atoms with E-state index in [1.165, 1.54) is 29.8 Å². The molecule has 5 rings (SSSR count). The molecule has 9 nitrogen and oxygen atoms in total. The number of aromatic hydroxyl groups is 1.